The lowest BCUT2D eigenvalue weighted by atomic mass is 10.0. The fourth-order valence-corrected chi connectivity index (χ4v) is 1.76. The van der Waals surface area contributed by atoms with Gasteiger partial charge in [0.15, 0.2) is 0 Å². The highest BCUT2D eigenvalue weighted by molar-refractivity contribution is 5.82. The van der Waals surface area contributed by atoms with Crippen molar-refractivity contribution in [1.82, 2.24) is 5.32 Å². The van der Waals surface area contributed by atoms with Crippen LogP contribution in [-0.2, 0) is 4.79 Å². The fraction of sp³-hybridized carbons (Fsp3) is 0.533. The molecular weight excluding hydrogens is 224 g/mol. The lowest BCUT2D eigenvalue weighted by Gasteiger charge is -2.13. The summed E-state index contributed by atoms with van der Waals surface area (Å²) < 4.78 is 0. The highest BCUT2D eigenvalue weighted by Gasteiger charge is 2.14. The van der Waals surface area contributed by atoms with E-state index in [-0.39, 0.29) is 5.91 Å². The molecule has 0 spiro atoms. The molecule has 0 heterocycles. The van der Waals surface area contributed by atoms with E-state index in [4.69, 9.17) is 5.73 Å². The average Bonchev–Trinajstić information content (AvgIpc) is 2.34. The van der Waals surface area contributed by atoms with Crippen molar-refractivity contribution >= 4 is 5.91 Å². The molecule has 0 fully saturated rings. The van der Waals surface area contributed by atoms with Crippen LogP contribution in [0.15, 0.2) is 24.3 Å². The van der Waals surface area contributed by atoms with E-state index in [2.05, 4.69) is 19.2 Å². The summed E-state index contributed by atoms with van der Waals surface area (Å²) in [4.78, 5) is 11.8. The van der Waals surface area contributed by atoms with Gasteiger partial charge >= 0.3 is 0 Å². The summed E-state index contributed by atoms with van der Waals surface area (Å²) in [5, 5.41) is 2.89. The number of nitrogens with one attached hydrogen (secondary N) is 1. The van der Waals surface area contributed by atoms with E-state index in [1.54, 1.807) is 0 Å². The second-order valence-corrected chi connectivity index (χ2v) is 5.22. The maximum Gasteiger partial charge on any atom is 0.241 e. The lowest BCUT2D eigenvalue weighted by molar-refractivity contribution is -0.122. The molecule has 0 aromatic heterocycles. The van der Waals surface area contributed by atoms with Crippen molar-refractivity contribution in [3.05, 3.63) is 35.4 Å². The molecule has 1 aromatic carbocycles. The number of carbonyl (C=O) groups is 1. The first-order chi connectivity index (χ1) is 8.50. The first kappa shape index (κ1) is 14.7. The monoisotopic (exact) mass is 248 g/mol. The Morgan fingerprint density at radius 1 is 1.28 bits per heavy atom. The topological polar surface area (TPSA) is 55.1 Å². The van der Waals surface area contributed by atoms with Crippen LogP contribution in [0.4, 0.5) is 0 Å². The van der Waals surface area contributed by atoms with Gasteiger partial charge in [-0.15, -0.1) is 0 Å². The van der Waals surface area contributed by atoms with E-state index in [1.165, 1.54) is 5.56 Å². The van der Waals surface area contributed by atoms with Crippen LogP contribution in [0.3, 0.4) is 0 Å². The third-order valence-electron chi connectivity index (χ3n) is 2.98. The van der Waals surface area contributed by atoms with Gasteiger partial charge in [0.05, 0.1) is 0 Å². The molecule has 100 valence electrons. The zero-order valence-corrected chi connectivity index (χ0v) is 11.6. The molecule has 1 rings (SSSR count). The molecular formula is C15H24N2O. The van der Waals surface area contributed by atoms with Crippen molar-refractivity contribution in [1.29, 1.82) is 0 Å². The van der Waals surface area contributed by atoms with Crippen LogP contribution in [0.2, 0.25) is 0 Å². The molecule has 1 amide bonds. The highest BCUT2D eigenvalue weighted by atomic mass is 16.2. The zero-order valence-electron chi connectivity index (χ0n) is 11.6. The minimum absolute atomic E-state index is 0.0948. The highest BCUT2D eigenvalue weighted by Crippen LogP contribution is 2.11. The van der Waals surface area contributed by atoms with E-state index in [0.717, 1.165) is 18.4 Å². The Labute approximate surface area is 110 Å². The molecule has 0 radical (unpaired) electrons. The van der Waals surface area contributed by atoms with Crippen molar-refractivity contribution in [3.63, 3.8) is 0 Å². The molecule has 0 aliphatic heterocycles. The van der Waals surface area contributed by atoms with Crippen LogP contribution >= 0.6 is 0 Å². The Morgan fingerprint density at radius 2 is 1.89 bits per heavy atom. The zero-order chi connectivity index (χ0) is 13.5. The first-order valence-electron chi connectivity index (χ1n) is 6.60. The summed E-state index contributed by atoms with van der Waals surface area (Å²) in [6, 6.07) is 7.20. The summed E-state index contributed by atoms with van der Waals surface area (Å²) >= 11 is 0. The van der Waals surface area contributed by atoms with Crippen LogP contribution in [-0.4, -0.2) is 12.5 Å². The minimum atomic E-state index is -0.565. The summed E-state index contributed by atoms with van der Waals surface area (Å²) in [6.07, 6.45) is 2.13. The van der Waals surface area contributed by atoms with Crippen LogP contribution in [0.5, 0.6) is 0 Å². The summed E-state index contributed by atoms with van der Waals surface area (Å²) in [7, 11) is 0. The van der Waals surface area contributed by atoms with Gasteiger partial charge in [0.25, 0.3) is 0 Å². The molecule has 3 N–H and O–H groups in total. The summed E-state index contributed by atoms with van der Waals surface area (Å²) in [5.41, 5.74) is 7.95. The number of hydrogen-bond donors (Lipinski definition) is 2. The normalized spacial score (nSPS) is 12.5. The summed E-state index contributed by atoms with van der Waals surface area (Å²) in [5.74, 6) is 0.579. The largest absolute Gasteiger partial charge is 0.354 e. The molecule has 1 aromatic rings. The average molecular weight is 248 g/mol. The molecule has 1 atom stereocenters. The van der Waals surface area contributed by atoms with E-state index in [1.807, 2.05) is 31.2 Å². The van der Waals surface area contributed by atoms with Gasteiger partial charge in [-0.05, 0) is 31.2 Å². The third-order valence-corrected chi connectivity index (χ3v) is 2.98. The predicted molar refractivity (Wildman–Crippen MR) is 75.2 cm³/mol. The van der Waals surface area contributed by atoms with E-state index in [0.29, 0.717) is 12.5 Å². The van der Waals surface area contributed by atoms with Gasteiger partial charge in [-0.25, -0.2) is 0 Å². The Hall–Kier alpha value is -1.35. The van der Waals surface area contributed by atoms with Crippen LogP contribution in [0, 0.1) is 12.8 Å². The molecule has 0 bridgehead atoms. The van der Waals surface area contributed by atoms with Gasteiger partial charge in [-0.1, -0.05) is 43.7 Å². The first-order valence-corrected chi connectivity index (χ1v) is 6.60. The predicted octanol–water partition coefficient (Wildman–Crippen LogP) is 2.55. The smallest absolute Gasteiger partial charge is 0.241 e. The molecule has 3 nitrogen and oxygen atoms in total. The maximum atomic E-state index is 11.8. The Bertz CT molecular complexity index is 371. The SMILES string of the molecule is Cc1ccc(C(N)C(=O)NCCCC(C)C)cc1. The van der Waals surface area contributed by atoms with Gasteiger partial charge in [0, 0.05) is 6.54 Å². The van der Waals surface area contributed by atoms with E-state index in [9.17, 15) is 4.79 Å². The molecule has 1 unspecified atom stereocenters. The maximum absolute atomic E-state index is 11.8. The second kappa shape index (κ2) is 7.17. The van der Waals surface area contributed by atoms with Gasteiger partial charge in [-0.2, -0.15) is 0 Å². The van der Waals surface area contributed by atoms with Gasteiger partial charge in [0.2, 0.25) is 5.91 Å². The van der Waals surface area contributed by atoms with Crippen LogP contribution < -0.4 is 11.1 Å². The molecule has 3 heteroatoms. The van der Waals surface area contributed by atoms with Crippen molar-refractivity contribution in [3.8, 4) is 0 Å². The molecule has 0 saturated heterocycles. The fourth-order valence-electron chi connectivity index (χ4n) is 1.76. The Morgan fingerprint density at radius 3 is 2.44 bits per heavy atom. The number of carbonyl (C=O) groups excluding carboxylic acids is 1. The van der Waals surface area contributed by atoms with Crippen molar-refractivity contribution in [2.75, 3.05) is 6.54 Å². The number of hydrogen-bond acceptors (Lipinski definition) is 2. The Balaban J connectivity index is 2.39. The van der Waals surface area contributed by atoms with Crippen molar-refractivity contribution in [2.45, 2.75) is 39.7 Å². The number of amides is 1. The van der Waals surface area contributed by atoms with E-state index < -0.39 is 6.04 Å². The van der Waals surface area contributed by atoms with Crippen LogP contribution in [0.1, 0.15) is 43.9 Å². The quantitative estimate of drug-likeness (QED) is 0.760. The standard InChI is InChI=1S/C15H24N2O/c1-11(2)5-4-10-17-15(18)14(16)13-8-6-12(3)7-9-13/h6-9,11,14H,4-5,10,16H2,1-3H3,(H,17,18). The number of aryl methyl sites for hydroxylation is 1. The molecule has 18 heavy (non-hydrogen) atoms. The third kappa shape index (κ3) is 4.88. The summed E-state index contributed by atoms with van der Waals surface area (Å²) in [6.45, 7) is 7.08. The lowest BCUT2D eigenvalue weighted by Crippen LogP contribution is -2.34. The number of rotatable bonds is 6. The van der Waals surface area contributed by atoms with Crippen LogP contribution in [0.25, 0.3) is 0 Å². The Kier molecular flexibility index (Phi) is 5.86. The molecule has 0 aliphatic rings. The van der Waals surface area contributed by atoms with Gasteiger partial charge < -0.3 is 11.1 Å². The van der Waals surface area contributed by atoms with Crippen molar-refractivity contribution in [2.24, 2.45) is 11.7 Å². The second-order valence-electron chi connectivity index (χ2n) is 5.22. The van der Waals surface area contributed by atoms with Gasteiger partial charge in [0.1, 0.15) is 6.04 Å². The minimum Gasteiger partial charge on any atom is -0.354 e. The number of benzene rings is 1. The number of nitrogens with two attached hydrogens (primary N) is 1. The molecule has 0 aliphatic carbocycles. The van der Waals surface area contributed by atoms with E-state index >= 15 is 0 Å². The molecule has 0 saturated carbocycles. The van der Waals surface area contributed by atoms with Crippen molar-refractivity contribution < 1.29 is 4.79 Å². The van der Waals surface area contributed by atoms with Gasteiger partial charge in [-0.3, -0.25) is 4.79 Å².